The first kappa shape index (κ1) is 10.6. The van der Waals surface area contributed by atoms with Gasteiger partial charge in [0.05, 0.1) is 5.56 Å². The molecule has 0 aliphatic carbocycles. The average Bonchev–Trinajstić information content (AvgIpc) is 2.08. The van der Waals surface area contributed by atoms with Crippen LogP contribution in [-0.2, 0) is 0 Å². The molecule has 1 heterocycles. The summed E-state index contributed by atoms with van der Waals surface area (Å²) >= 11 is 5.02. The summed E-state index contributed by atoms with van der Waals surface area (Å²) in [4.78, 5) is 13.9. The molecule has 0 aliphatic heterocycles. The lowest BCUT2D eigenvalue weighted by Gasteiger charge is -2.06. The van der Waals surface area contributed by atoms with E-state index in [0.29, 0.717) is 6.07 Å². The number of pyridine rings is 1. The Morgan fingerprint density at radius 1 is 1.64 bits per heavy atom. The summed E-state index contributed by atoms with van der Waals surface area (Å²) in [5.41, 5.74) is 3.91. The largest absolute Gasteiger partial charge is 0.504 e. The molecule has 1 aromatic heterocycles. The lowest BCUT2D eigenvalue weighted by atomic mass is 10.2. The van der Waals surface area contributed by atoms with Crippen LogP contribution in [0.2, 0.25) is 0 Å². The molecule has 0 amide bonds. The lowest BCUT2D eigenvalue weighted by molar-refractivity contribution is 0.107. The zero-order valence-corrected chi connectivity index (χ0v) is 7.42. The first-order valence-corrected chi connectivity index (χ1v) is 3.78. The SMILES string of the molecule is Nc1nc(C(=O)Cl)cc(C(F)F)c1O. The van der Waals surface area contributed by atoms with E-state index < -0.39 is 34.5 Å². The smallest absolute Gasteiger partial charge is 0.270 e. The minimum atomic E-state index is -2.95. The van der Waals surface area contributed by atoms with Gasteiger partial charge in [-0.15, -0.1) is 0 Å². The molecule has 0 aromatic carbocycles. The third-order valence-corrected chi connectivity index (χ3v) is 1.68. The van der Waals surface area contributed by atoms with Crippen molar-refractivity contribution in [3.63, 3.8) is 0 Å². The van der Waals surface area contributed by atoms with Gasteiger partial charge in [-0.25, -0.2) is 13.8 Å². The van der Waals surface area contributed by atoms with E-state index in [4.69, 9.17) is 22.4 Å². The fourth-order valence-corrected chi connectivity index (χ4v) is 0.942. The molecule has 0 spiro atoms. The Hall–Kier alpha value is -1.43. The normalized spacial score (nSPS) is 10.6. The zero-order chi connectivity index (χ0) is 10.9. The number of nitrogen functional groups attached to an aromatic ring is 1. The first-order valence-electron chi connectivity index (χ1n) is 3.41. The zero-order valence-electron chi connectivity index (χ0n) is 6.67. The molecule has 4 nitrogen and oxygen atoms in total. The molecule has 0 fully saturated rings. The summed E-state index contributed by atoms with van der Waals surface area (Å²) in [5.74, 6) is -1.38. The van der Waals surface area contributed by atoms with E-state index >= 15 is 0 Å². The fourth-order valence-electron chi connectivity index (χ4n) is 0.846. The molecular weight excluding hydrogens is 218 g/mol. The number of aromatic hydroxyl groups is 1. The van der Waals surface area contributed by atoms with Crippen LogP contribution < -0.4 is 5.73 Å². The standard InChI is InChI=1S/C7H5ClF2N2O2/c8-5(14)3-1-2(6(9)10)4(13)7(11)12-3/h1,6,13H,(H2,11,12). The third kappa shape index (κ3) is 1.90. The fraction of sp³-hybridized carbons (Fsp3) is 0.143. The molecule has 0 unspecified atom stereocenters. The van der Waals surface area contributed by atoms with Crippen LogP contribution in [0.3, 0.4) is 0 Å². The van der Waals surface area contributed by atoms with Gasteiger partial charge in [-0.2, -0.15) is 0 Å². The van der Waals surface area contributed by atoms with Crippen LogP contribution in [0.1, 0.15) is 22.5 Å². The second-order valence-electron chi connectivity index (χ2n) is 2.40. The lowest BCUT2D eigenvalue weighted by Crippen LogP contribution is -2.02. The average molecular weight is 223 g/mol. The molecule has 1 aromatic rings. The molecule has 0 radical (unpaired) electrons. The van der Waals surface area contributed by atoms with Gasteiger partial charge in [-0.1, -0.05) is 0 Å². The Balaban J connectivity index is 3.35. The molecule has 0 bridgehead atoms. The molecule has 1 rings (SSSR count). The Bertz CT molecular complexity index is 384. The second kappa shape index (κ2) is 3.75. The van der Waals surface area contributed by atoms with Crippen LogP contribution in [-0.4, -0.2) is 15.3 Å². The Morgan fingerprint density at radius 3 is 2.64 bits per heavy atom. The van der Waals surface area contributed by atoms with Gasteiger partial charge >= 0.3 is 0 Å². The van der Waals surface area contributed by atoms with Gasteiger partial charge < -0.3 is 10.8 Å². The van der Waals surface area contributed by atoms with Crippen molar-refractivity contribution in [1.82, 2.24) is 4.98 Å². The van der Waals surface area contributed by atoms with Crippen LogP contribution in [0, 0.1) is 0 Å². The number of alkyl halides is 2. The number of anilines is 1. The molecule has 0 saturated carbocycles. The number of hydrogen-bond acceptors (Lipinski definition) is 4. The predicted octanol–water partition coefficient (Wildman–Crippen LogP) is 1.69. The number of carbonyl (C=O) groups excluding carboxylic acids is 1. The van der Waals surface area contributed by atoms with Crippen LogP contribution in [0.5, 0.6) is 5.75 Å². The minimum absolute atomic E-state index is 0.419. The van der Waals surface area contributed by atoms with Crippen molar-refractivity contribution in [3.8, 4) is 5.75 Å². The number of nitrogens with zero attached hydrogens (tertiary/aromatic N) is 1. The maximum Gasteiger partial charge on any atom is 0.270 e. The summed E-state index contributed by atoms with van der Waals surface area (Å²) in [6.07, 6.45) is -2.95. The highest BCUT2D eigenvalue weighted by atomic mass is 35.5. The molecule has 3 N–H and O–H groups in total. The maximum atomic E-state index is 12.3. The monoisotopic (exact) mass is 222 g/mol. The van der Waals surface area contributed by atoms with Crippen LogP contribution in [0.4, 0.5) is 14.6 Å². The van der Waals surface area contributed by atoms with E-state index in [1.165, 1.54) is 0 Å². The number of aromatic nitrogens is 1. The van der Waals surface area contributed by atoms with E-state index in [1.807, 2.05) is 0 Å². The Morgan fingerprint density at radius 2 is 2.21 bits per heavy atom. The van der Waals surface area contributed by atoms with E-state index in [1.54, 1.807) is 0 Å². The van der Waals surface area contributed by atoms with Gasteiger partial charge in [0, 0.05) is 0 Å². The molecule has 0 atom stereocenters. The van der Waals surface area contributed by atoms with Crippen molar-refractivity contribution in [2.45, 2.75) is 6.43 Å². The minimum Gasteiger partial charge on any atom is -0.504 e. The number of halogens is 3. The van der Waals surface area contributed by atoms with E-state index in [2.05, 4.69) is 4.98 Å². The summed E-state index contributed by atoms with van der Waals surface area (Å²) < 4.78 is 24.5. The van der Waals surface area contributed by atoms with Crippen molar-refractivity contribution < 1.29 is 18.7 Å². The van der Waals surface area contributed by atoms with Crippen LogP contribution in [0.25, 0.3) is 0 Å². The van der Waals surface area contributed by atoms with Crippen molar-refractivity contribution >= 4 is 22.7 Å². The highest BCUT2D eigenvalue weighted by Crippen LogP contribution is 2.32. The quantitative estimate of drug-likeness (QED) is 0.747. The van der Waals surface area contributed by atoms with Crippen LogP contribution in [0.15, 0.2) is 6.07 Å². The van der Waals surface area contributed by atoms with Crippen molar-refractivity contribution in [1.29, 1.82) is 0 Å². The number of hydrogen-bond donors (Lipinski definition) is 2. The summed E-state index contributed by atoms with van der Waals surface area (Å²) in [6.45, 7) is 0. The third-order valence-electron chi connectivity index (χ3n) is 1.49. The van der Waals surface area contributed by atoms with Crippen molar-refractivity contribution in [3.05, 3.63) is 17.3 Å². The van der Waals surface area contributed by atoms with E-state index in [0.717, 1.165) is 0 Å². The van der Waals surface area contributed by atoms with E-state index in [-0.39, 0.29) is 0 Å². The van der Waals surface area contributed by atoms with Crippen molar-refractivity contribution in [2.75, 3.05) is 5.73 Å². The van der Waals surface area contributed by atoms with Crippen molar-refractivity contribution in [2.24, 2.45) is 0 Å². The summed E-state index contributed by atoms with van der Waals surface area (Å²) in [7, 11) is 0. The van der Waals surface area contributed by atoms with Gasteiger partial charge in [0.1, 0.15) is 5.69 Å². The van der Waals surface area contributed by atoms with Crippen LogP contribution >= 0.6 is 11.6 Å². The molecule has 76 valence electrons. The molecule has 0 aliphatic rings. The molecular formula is C7H5ClF2N2O2. The summed E-state index contributed by atoms with van der Waals surface area (Å²) in [6, 6.07) is 0.700. The van der Waals surface area contributed by atoms with Gasteiger partial charge in [0.2, 0.25) is 0 Å². The number of rotatable bonds is 2. The highest BCUT2D eigenvalue weighted by Gasteiger charge is 2.19. The molecule has 14 heavy (non-hydrogen) atoms. The Kier molecular flexibility index (Phi) is 2.85. The molecule has 7 heteroatoms. The van der Waals surface area contributed by atoms with Gasteiger partial charge in [0.15, 0.2) is 11.6 Å². The topological polar surface area (TPSA) is 76.2 Å². The number of nitrogens with two attached hydrogens (primary N) is 1. The van der Waals surface area contributed by atoms with E-state index in [9.17, 15) is 13.6 Å². The predicted molar refractivity (Wildman–Crippen MR) is 45.5 cm³/mol. The van der Waals surface area contributed by atoms with Gasteiger partial charge in [0.25, 0.3) is 11.7 Å². The second-order valence-corrected chi connectivity index (χ2v) is 2.75. The highest BCUT2D eigenvalue weighted by molar-refractivity contribution is 6.67. The Labute approximate surface area is 82.3 Å². The van der Waals surface area contributed by atoms with Gasteiger partial charge in [-0.05, 0) is 17.7 Å². The maximum absolute atomic E-state index is 12.3. The number of carbonyl (C=O) groups is 1. The van der Waals surface area contributed by atoms with Gasteiger partial charge in [-0.3, -0.25) is 4.79 Å². The molecule has 0 saturated heterocycles. The summed E-state index contributed by atoms with van der Waals surface area (Å²) in [5, 5.41) is 8.04. The first-order chi connectivity index (χ1) is 6.43.